The van der Waals surface area contributed by atoms with Crippen molar-refractivity contribution in [2.75, 3.05) is 33.2 Å². The molecule has 1 saturated heterocycles. The summed E-state index contributed by atoms with van der Waals surface area (Å²) in [5.41, 5.74) is 0.529. The second-order valence-electron chi connectivity index (χ2n) is 5.30. The van der Waals surface area contributed by atoms with Crippen molar-refractivity contribution >= 4 is 0 Å². The van der Waals surface area contributed by atoms with Crippen molar-refractivity contribution in [2.45, 2.75) is 39.0 Å². The van der Waals surface area contributed by atoms with E-state index in [0.29, 0.717) is 5.41 Å². The monoisotopic (exact) mass is 224 g/mol. The number of rotatable bonds is 7. The van der Waals surface area contributed by atoms with Crippen LogP contribution in [0.15, 0.2) is 12.7 Å². The fourth-order valence-corrected chi connectivity index (χ4v) is 2.74. The Morgan fingerprint density at radius 2 is 2.31 bits per heavy atom. The summed E-state index contributed by atoms with van der Waals surface area (Å²) < 4.78 is 0. The molecule has 2 nitrogen and oxygen atoms in total. The largest absolute Gasteiger partial charge is 0.316 e. The van der Waals surface area contributed by atoms with Crippen molar-refractivity contribution in [1.29, 1.82) is 0 Å². The van der Waals surface area contributed by atoms with Crippen LogP contribution in [0.25, 0.3) is 0 Å². The van der Waals surface area contributed by atoms with Gasteiger partial charge in [0.1, 0.15) is 0 Å². The Bertz CT molecular complexity index is 195. The molecule has 0 aliphatic carbocycles. The summed E-state index contributed by atoms with van der Waals surface area (Å²) in [6, 6.07) is 0. The van der Waals surface area contributed by atoms with Crippen LogP contribution < -0.4 is 5.32 Å². The highest BCUT2D eigenvalue weighted by molar-refractivity contribution is 4.86. The highest BCUT2D eigenvalue weighted by Gasteiger charge is 2.30. The Hall–Kier alpha value is -0.340. The first kappa shape index (κ1) is 13.7. The van der Waals surface area contributed by atoms with Gasteiger partial charge in [-0.2, -0.15) is 0 Å². The fourth-order valence-electron chi connectivity index (χ4n) is 2.74. The SMILES string of the molecule is C=CCCCN(C)CC1(CC)CCCNC1. The molecule has 0 bridgehead atoms. The normalized spacial score (nSPS) is 25.9. The highest BCUT2D eigenvalue weighted by Crippen LogP contribution is 2.30. The van der Waals surface area contributed by atoms with Gasteiger partial charge in [-0.05, 0) is 57.7 Å². The van der Waals surface area contributed by atoms with Gasteiger partial charge < -0.3 is 10.2 Å². The van der Waals surface area contributed by atoms with Gasteiger partial charge in [0.05, 0.1) is 0 Å². The predicted octanol–water partition coefficient (Wildman–Crippen LogP) is 2.66. The molecule has 2 heteroatoms. The lowest BCUT2D eigenvalue weighted by atomic mass is 9.78. The van der Waals surface area contributed by atoms with Crippen molar-refractivity contribution in [3.05, 3.63) is 12.7 Å². The number of allylic oxidation sites excluding steroid dienone is 1. The first-order chi connectivity index (χ1) is 7.72. The van der Waals surface area contributed by atoms with Crippen LogP contribution in [-0.4, -0.2) is 38.1 Å². The number of hydrogen-bond donors (Lipinski definition) is 1. The van der Waals surface area contributed by atoms with Gasteiger partial charge in [0.15, 0.2) is 0 Å². The van der Waals surface area contributed by atoms with Gasteiger partial charge in [-0.1, -0.05) is 13.0 Å². The third-order valence-corrected chi connectivity index (χ3v) is 3.86. The van der Waals surface area contributed by atoms with Crippen molar-refractivity contribution in [1.82, 2.24) is 10.2 Å². The number of piperidine rings is 1. The maximum atomic E-state index is 3.77. The third kappa shape index (κ3) is 4.26. The van der Waals surface area contributed by atoms with E-state index in [1.165, 1.54) is 51.9 Å². The van der Waals surface area contributed by atoms with Crippen molar-refractivity contribution in [2.24, 2.45) is 5.41 Å². The summed E-state index contributed by atoms with van der Waals surface area (Å²) >= 11 is 0. The Morgan fingerprint density at radius 3 is 2.88 bits per heavy atom. The third-order valence-electron chi connectivity index (χ3n) is 3.86. The molecule has 1 unspecified atom stereocenters. The Kier molecular flexibility index (Phi) is 6.07. The first-order valence-corrected chi connectivity index (χ1v) is 6.72. The smallest absolute Gasteiger partial charge is 0.00470 e. The molecule has 1 fully saturated rings. The Labute approximate surface area is 101 Å². The molecule has 1 N–H and O–H groups in total. The number of nitrogens with zero attached hydrogens (tertiary/aromatic N) is 1. The summed E-state index contributed by atoms with van der Waals surface area (Å²) in [6.07, 6.45) is 8.43. The molecule has 1 heterocycles. The molecule has 1 atom stereocenters. The minimum atomic E-state index is 0.529. The van der Waals surface area contributed by atoms with E-state index in [0.717, 1.165) is 6.42 Å². The van der Waals surface area contributed by atoms with E-state index in [1.54, 1.807) is 0 Å². The van der Waals surface area contributed by atoms with Gasteiger partial charge in [-0.25, -0.2) is 0 Å². The summed E-state index contributed by atoms with van der Waals surface area (Å²) in [5, 5.41) is 3.56. The second kappa shape index (κ2) is 7.08. The van der Waals surface area contributed by atoms with E-state index in [4.69, 9.17) is 0 Å². The minimum absolute atomic E-state index is 0.529. The molecule has 1 aliphatic rings. The van der Waals surface area contributed by atoms with Gasteiger partial charge >= 0.3 is 0 Å². The molecule has 16 heavy (non-hydrogen) atoms. The summed E-state index contributed by atoms with van der Waals surface area (Å²) in [5.74, 6) is 0. The van der Waals surface area contributed by atoms with Gasteiger partial charge in [0, 0.05) is 13.1 Å². The maximum Gasteiger partial charge on any atom is 0.00470 e. The van der Waals surface area contributed by atoms with Crippen molar-refractivity contribution < 1.29 is 0 Å². The van der Waals surface area contributed by atoms with E-state index in [1.807, 2.05) is 6.08 Å². The van der Waals surface area contributed by atoms with Gasteiger partial charge in [-0.15, -0.1) is 6.58 Å². The van der Waals surface area contributed by atoms with Crippen LogP contribution in [0.1, 0.15) is 39.0 Å². The second-order valence-corrected chi connectivity index (χ2v) is 5.30. The van der Waals surface area contributed by atoms with Crippen LogP contribution in [-0.2, 0) is 0 Å². The lowest BCUT2D eigenvalue weighted by Crippen LogP contribution is -2.46. The Morgan fingerprint density at radius 1 is 1.50 bits per heavy atom. The van der Waals surface area contributed by atoms with E-state index < -0.39 is 0 Å². The van der Waals surface area contributed by atoms with Crippen LogP contribution in [0.5, 0.6) is 0 Å². The van der Waals surface area contributed by atoms with Crippen LogP contribution in [0.2, 0.25) is 0 Å². The number of nitrogens with one attached hydrogen (secondary N) is 1. The zero-order chi connectivity index (χ0) is 11.9. The van der Waals surface area contributed by atoms with E-state index in [-0.39, 0.29) is 0 Å². The molecular formula is C14H28N2. The molecule has 0 aromatic carbocycles. The zero-order valence-corrected chi connectivity index (χ0v) is 11.1. The Balaban J connectivity index is 2.33. The van der Waals surface area contributed by atoms with E-state index >= 15 is 0 Å². The average molecular weight is 224 g/mol. The molecule has 1 rings (SSSR count). The number of hydrogen-bond acceptors (Lipinski definition) is 2. The van der Waals surface area contributed by atoms with Crippen molar-refractivity contribution in [3.63, 3.8) is 0 Å². The van der Waals surface area contributed by atoms with Crippen molar-refractivity contribution in [3.8, 4) is 0 Å². The lowest BCUT2D eigenvalue weighted by molar-refractivity contribution is 0.128. The minimum Gasteiger partial charge on any atom is -0.316 e. The van der Waals surface area contributed by atoms with E-state index in [9.17, 15) is 0 Å². The van der Waals surface area contributed by atoms with Crippen LogP contribution in [0.4, 0.5) is 0 Å². The summed E-state index contributed by atoms with van der Waals surface area (Å²) in [4.78, 5) is 2.50. The lowest BCUT2D eigenvalue weighted by Gasteiger charge is -2.40. The van der Waals surface area contributed by atoms with Crippen LogP contribution >= 0.6 is 0 Å². The molecule has 0 aromatic heterocycles. The topological polar surface area (TPSA) is 15.3 Å². The molecule has 1 aliphatic heterocycles. The van der Waals surface area contributed by atoms with Crippen LogP contribution in [0.3, 0.4) is 0 Å². The van der Waals surface area contributed by atoms with Gasteiger partial charge in [-0.3, -0.25) is 0 Å². The molecule has 0 spiro atoms. The quantitative estimate of drug-likeness (QED) is 0.528. The summed E-state index contributed by atoms with van der Waals surface area (Å²) in [7, 11) is 2.26. The molecule has 94 valence electrons. The summed E-state index contributed by atoms with van der Waals surface area (Å²) in [6.45, 7) is 11.0. The number of unbranched alkanes of at least 4 members (excludes halogenated alkanes) is 1. The molecule has 0 aromatic rings. The zero-order valence-electron chi connectivity index (χ0n) is 11.1. The van der Waals surface area contributed by atoms with Gasteiger partial charge in [0.25, 0.3) is 0 Å². The fraction of sp³-hybridized carbons (Fsp3) is 0.857. The standard InChI is InChI=1S/C14H28N2/c1-4-6-7-11-16(3)13-14(5-2)9-8-10-15-12-14/h4,15H,1,5-13H2,2-3H3. The van der Waals surface area contributed by atoms with Gasteiger partial charge in [0.2, 0.25) is 0 Å². The van der Waals surface area contributed by atoms with E-state index in [2.05, 4.69) is 30.8 Å². The highest BCUT2D eigenvalue weighted by atomic mass is 15.1. The molecule has 0 saturated carbocycles. The van der Waals surface area contributed by atoms with Crippen LogP contribution in [0, 0.1) is 5.41 Å². The average Bonchev–Trinajstić information content (AvgIpc) is 2.30. The predicted molar refractivity (Wildman–Crippen MR) is 71.8 cm³/mol. The first-order valence-electron chi connectivity index (χ1n) is 6.72. The molecule has 0 radical (unpaired) electrons. The molecular weight excluding hydrogens is 196 g/mol. The molecule has 0 amide bonds. The maximum absolute atomic E-state index is 3.77.